The minimum atomic E-state index is -4.01. The van der Waals surface area contributed by atoms with E-state index in [1.807, 2.05) is 19.1 Å². The van der Waals surface area contributed by atoms with Gasteiger partial charge in [-0.25, -0.2) is 4.72 Å². The molecule has 4 unspecified atom stereocenters. The summed E-state index contributed by atoms with van der Waals surface area (Å²) in [6.45, 7) is 11.1. The van der Waals surface area contributed by atoms with E-state index < -0.39 is 27.6 Å². The second kappa shape index (κ2) is 12.3. The molecule has 2 heterocycles. The highest BCUT2D eigenvalue weighted by Gasteiger charge is 2.66. The van der Waals surface area contributed by atoms with Crippen molar-refractivity contribution in [3.63, 3.8) is 0 Å². The molecule has 6 atom stereocenters. The normalized spacial score (nSPS) is 30.2. The van der Waals surface area contributed by atoms with Gasteiger partial charge in [0.2, 0.25) is 5.91 Å². The molecule has 276 valence electrons. The Labute approximate surface area is 302 Å². The van der Waals surface area contributed by atoms with Gasteiger partial charge in [-0.15, -0.1) is 0 Å². The Kier molecular flexibility index (Phi) is 8.70. The Morgan fingerprint density at radius 1 is 1.00 bits per heavy atom. The zero-order valence-corrected chi connectivity index (χ0v) is 32.1. The van der Waals surface area contributed by atoms with E-state index in [9.17, 15) is 23.1 Å². The Hall–Kier alpha value is -3.41. The lowest BCUT2D eigenvalue weighted by Crippen LogP contribution is -2.54. The van der Waals surface area contributed by atoms with Crippen molar-refractivity contribution in [3.8, 4) is 17.0 Å². The summed E-state index contributed by atoms with van der Waals surface area (Å²) in [4.78, 5) is 28.4. The monoisotopic (exact) mass is 718 g/mol. The number of nitrogens with one attached hydrogen (secondary N) is 2. The third kappa shape index (κ3) is 5.35. The van der Waals surface area contributed by atoms with Gasteiger partial charge in [-0.2, -0.15) is 12.7 Å². The largest absolute Gasteiger partial charge is 0.497 e. The number of ether oxygens (including phenoxy) is 1. The molecule has 2 bridgehead atoms. The van der Waals surface area contributed by atoms with Crippen LogP contribution < -0.4 is 14.8 Å². The van der Waals surface area contributed by atoms with Gasteiger partial charge in [-0.1, -0.05) is 53.0 Å². The summed E-state index contributed by atoms with van der Waals surface area (Å²) < 4.78 is 36.4. The fraction of sp³-hybridized carbons (Fsp3) is 0.600. The van der Waals surface area contributed by atoms with Crippen molar-refractivity contribution in [2.24, 2.45) is 22.2 Å². The zero-order valence-electron chi connectivity index (χ0n) is 31.3. The SMILES string of the molecule is COc1ccc2c(c1)C(C)C(C)(C(=O)N[C@@H]1C3CCC(C)([C@@H]1O)C3(C)C)Cn1c-2c(C2CCCCC2)c2ccc(C(=O)NS(=O)(=O)N(C)C)cc21. The van der Waals surface area contributed by atoms with Gasteiger partial charge >= 0.3 is 10.2 Å². The van der Waals surface area contributed by atoms with Gasteiger partial charge in [0.1, 0.15) is 5.75 Å². The maximum absolute atomic E-state index is 15.0. The Bertz CT molecular complexity index is 2010. The van der Waals surface area contributed by atoms with E-state index in [2.05, 4.69) is 54.4 Å². The molecule has 10 nitrogen and oxygen atoms in total. The number of fused-ring (bicyclic) bond motifs is 7. The molecule has 3 saturated carbocycles. The number of aliphatic hydroxyl groups excluding tert-OH is 1. The van der Waals surface area contributed by atoms with Crippen LogP contribution in [0.4, 0.5) is 0 Å². The van der Waals surface area contributed by atoms with Crippen molar-refractivity contribution in [2.45, 2.75) is 110 Å². The number of nitrogens with zero attached hydrogens (tertiary/aromatic N) is 2. The molecule has 11 heteroatoms. The molecule has 2 aromatic carbocycles. The lowest BCUT2D eigenvalue weighted by Gasteiger charge is -2.39. The summed E-state index contributed by atoms with van der Waals surface area (Å²) in [5, 5.41) is 16.1. The number of aliphatic hydroxyl groups is 1. The van der Waals surface area contributed by atoms with Gasteiger partial charge in [-0.3, -0.25) is 9.59 Å². The van der Waals surface area contributed by atoms with Crippen LogP contribution in [0.5, 0.6) is 5.75 Å². The average Bonchev–Trinajstić information content (AvgIpc) is 3.56. The van der Waals surface area contributed by atoms with E-state index in [0.29, 0.717) is 18.2 Å². The predicted octanol–water partition coefficient (Wildman–Crippen LogP) is 6.33. The summed E-state index contributed by atoms with van der Waals surface area (Å²) in [5.74, 6) is 0.106. The highest BCUT2D eigenvalue weighted by molar-refractivity contribution is 7.87. The van der Waals surface area contributed by atoms with Crippen LogP contribution in [0.3, 0.4) is 0 Å². The lowest BCUT2D eigenvalue weighted by molar-refractivity contribution is -0.134. The molecule has 7 rings (SSSR count). The first-order valence-corrected chi connectivity index (χ1v) is 20.0. The smallest absolute Gasteiger partial charge is 0.303 e. The Morgan fingerprint density at radius 2 is 1.71 bits per heavy atom. The summed E-state index contributed by atoms with van der Waals surface area (Å²) in [6, 6.07) is 11.2. The standard InChI is InChI=1S/C40H54N4O6S/c1-23-29-21-26(50-8)15-17-27(29)34-32(24-12-10-9-11-13-24)28-16-14-25(36(46)42-51(48,49)43(6)7)20-31(28)44(34)22-39(23,4)37(47)41-33-30-18-19-40(5,35(33)45)38(30,2)3/h14-17,20-21,23-24,30,33,35,45H,9-13,18-19,22H2,1-8H3,(H,41,47)(H,42,46)/t23?,30?,33-,35-,39?,40?/m1/s1. The molecule has 1 aromatic heterocycles. The lowest BCUT2D eigenvalue weighted by atomic mass is 9.70. The second-order valence-corrected chi connectivity index (χ2v) is 18.8. The second-order valence-electron chi connectivity index (χ2n) is 17.0. The molecule has 4 aliphatic rings. The average molecular weight is 719 g/mol. The molecule has 1 aliphatic heterocycles. The summed E-state index contributed by atoms with van der Waals surface area (Å²) in [7, 11) is 0.393. The predicted molar refractivity (Wildman–Crippen MR) is 199 cm³/mol. The molecule has 0 spiro atoms. The summed E-state index contributed by atoms with van der Waals surface area (Å²) in [5.41, 5.74) is 3.97. The molecule has 0 radical (unpaired) electrons. The van der Waals surface area contributed by atoms with E-state index >= 15 is 0 Å². The Balaban J connectivity index is 1.41. The van der Waals surface area contributed by atoms with Gasteiger partial charge < -0.3 is 19.7 Å². The minimum Gasteiger partial charge on any atom is -0.497 e. The number of carbonyl (C=O) groups excluding carboxylic acids is 2. The van der Waals surface area contributed by atoms with Crippen LogP contribution >= 0.6 is 0 Å². The van der Waals surface area contributed by atoms with Crippen molar-refractivity contribution in [1.82, 2.24) is 18.9 Å². The number of hydrogen-bond donors (Lipinski definition) is 3. The fourth-order valence-corrected chi connectivity index (χ4v) is 10.7. The van der Waals surface area contributed by atoms with Crippen LogP contribution in [0.2, 0.25) is 0 Å². The highest BCUT2D eigenvalue weighted by Crippen LogP contribution is 2.65. The molecule has 3 fully saturated rings. The van der Waals surface area contributed by atoms with Crippen LogP contribution in [0, 0.1) is 22.2 Å². The topological polar surface area (TPSA) is 130 Å². The van der Waals surface area contributed by atoms with Gasteiger partial charge in [0.15, 0.2) is 0 Å². The third-order valence-electron chi connectivity index (χ3n) is 14.1. The summed E-state index contributed by atoms with van der Waals surface area (Å²) >= 11 is 0. The number of benzene rings is 2. The van der Waals surface area contributed by atoms with Gasteiger partial charge in [0.25, 0.3) is 5.91 Å². The first-order chi connectivity index (χ1) is 24.0. The van der Waals surface area contributed by atoms with Crippen LogP contribution in [0.25, 0.3) is 22.2 Å². The van der Waals surface area contributed by atoms with Gasteiger partial charge in [-0.05, 0) is 97.2 Å². The molecule has 0 saturated heterocycles. The van der Waals surface area contributed by atoms with Crippen molar-refractivity contribution < 1.29 is 27.9 Å². The number of rotatable bonds is 7. The van der Waals surface area contributed by atoms with Crippen LogP contribution in [0.1, 0.15) is 113 Å². The van der Waals surface area contributed by atoms with Crippen LogP contribution in [0.15, 0.2) is 36.4 Å². The van der Waals surface area contributed by atoms with Crippen molar-refractivity contribution in [3.05, 3.63) is 53.1 Å². The van der Waals surface area contributed by atoms with Crippen molar-refractivity contribution in [2.75, 3.05) is 21.2 Å². The fourth-order valence-electron chi connectivity index (χ4n) is 10.2. The molecule has 3 N–H and O–H groups in total. The van der Waals surface area contributed by atoms with E-state index in [-0.39, 0.29) is 40.2 Å². The molecule has 3 aliphatic carbocycles. The zero-order chi connectivity index (χ0) is 36.8. The first kappa shape index (κ1) is 36.0. The minimum absolute atomic E-state index is 0.111. The molecular weight excluding hydrogens is 665 g/mol. The quantitative estimate of drug-likeness (QED) is 0.262. The van der Waals surface area contributed by atoms with Crippen molar-refractivity contribution >= 4 is 32.9 Å². The maximum atomic E-state index is 15.0. The molecule has 51 heavy (non-hydrogen) atoms. The number of amides is 2. The number of hydrogen-bond acceptors (Lipinski definition) is 6. The van der Waals surface area contributed by atoms with E-state index in [1.165, 1.54) is 26.1 Å². The number of aromatic nitrogens is 1. The third-order valence-corrected chi connectivity index (χ3v) is 15.5. The molecule has 2 amide bonds. The van der Waals surface area contributed by atoms with E-state index in [1.54, 1.807) is 19.2 Å². The number of carbonyl (C=O) groups is 2. The Morgan fingerprint density at radius 3 is 2.33 bits per heavy atom. The van der Waals surface area contributed by atoms with Gasteiger partial charge in [0.05, 0.1) is 30.4 Å². The first-order valence-electron chi connectivity index (χ1n) is 18.5. The highest BCUT2D eigenvalue weighted by atomic mass is 32.2. The van der Waals surface area contributed by atoms with E-state index in [4.69, 9.17) is 4.74 Å². The maximum Gasteiger partial charge on any atom is 0.303 e. The van der Waals surface area contributed by atoms with Crippen LogP contribution in [-0.4, -0.2) is 67.6 Å². The van der Waals surface area contributed by atoms with Crippen LogP contribution in [-0.2, 0) is 21.5 Å². The van der Waals surface area contributed by atoms with Gasteiger partial charge in [0, 0.05) is 48.1 Å². The molecule has 3 aromatic rings. The summed E-state index contributed by atoms with van der Waals surface area (Å²) in [6.07, 6.45) is 6.80. The van der Waals surface area contributed by atoms with E-state index in [0.717, 1.165) is 70.6 Å². The molecular formula is C40H54N4O6S. The number of methoxy groups -OCH3 is 1. The van der Waals surface area contributed by atoms with Crippen molar-refractivity contribution in [1.29, 1.82) is 0 Å².